The van der Waals surface area contributed by atoms with E-state index in [4.69, 9.17) is 10.5 Å². The van der Waals surface area contributed by atoms with Crippen LogP contribution in [0.2, 0.25) is 0 Å². The van der Waals surface area contributed by atoms with Gasteiger partial charge in [-0.05, 0) is 46.9 Å². The molecule has 2 heterocycles. The quantitative estimate of drug-likeness (QED) is 0.285. The maximum atomic E-state index is 13.3. The molecule has 0 unspecified atom stereocenters. The highest BCUT2D eigenvalue weighted by atomic mass is 19.1. The van der Waals surface area contributed by atoms with Crippen LogP contribution in [0.4, 0.5) is 16.0 Å². The summed E-state index contributed by atoms with van der Waals surface area (Å²) in [4.78, 5) is 21.7. The van der Waals surface area contributed by atoms with E-state index < -0.39 is 0 Å². The Morgan fingerprint density at radius 3 is 2.49 bits per heavy atom. The third-order valence-corrected chi connectivity index (χ3v) is 6.10. The largest absolute Gasteiger partial charge is 0.493 e. The van der Waals surface area contributed by atoms with Crippen LogP contribution in [0.5, 0.6) is 5.75 Å². The van der Waals surface area contributed by atoms with Crippen LogP contribution >= 0.6 is 0 Å². The van der Waals surface area contributed by atoms with Gasteiger partial charge in [-0.15, -0.1) is 0 Å². The second-order valence-corrected chi connectivity index (χ2v) is 8.67. The predicted octanol–water partition coefficient (Wildman–Crippen LogP) is 5.73. The van der Waals surface area contributed by atoms with Gasteiger partial charge in [-0.3, -0.25) is 4.79 Å². The number of Topliss-reactive ketones (excluding diaryl/α,β-unsaturated/α-hetero) is 1. The number of anilines is 2. The molecule has 0 aliphatic rings. The number of nitrogen functional groups attached to an aromatic ring is 1. The zero-order valence-corrected chi connectivity index (χ0v) is 20.5. The molecule has 0 aliphatic carbocycles. The summed E-state index contributed by atoms with van der Waals surface area (Å²) >= 11 is 0. The molecule has 37 heavy (non-hydrogen) atoms. The first kappa shape index (κ1) is 25.3. The zero-order chi connectivity index (χ0) is 26.4. The van der Waals surface area contributed by atoms with Gasteiger partial charge in [0.15, 0.2) is 17.4 Å². The molecule has 3 N–H and O–H groups in total. The lowest BCUT2D eigenvalue weighted by atomic mass is 9.93. The van der Waals surface area contributed by atoms with E-state index in [1.165, 1.54) is 18.3 Å². The molecular formula is C29H26FN5O2. The molecule has 186 valence electrons. The summed E-state index contributed by atoms with van der Waals surface area (Å²) in [5.41, 5.74) is 10.1. The van der Waals surface area contributed by atoms with Gasteiger partial charge in [0.05, 0.1) is 18.2 Å². The third kappa shape index (κ3) is 6.08. The molecule has 1 atom stereocenters. The second-order valence-electron chi connectivity index (χ2n) is 8.67. The number of ether oxygens (including phenoxy) is 1. The van der Waals surface area contributed by atoms with E-state index in [-0.39, 0.29) is 23.9 Å². The SMILES string of the molecule is COc1cc(-c2ccc(CNc3ncc(C#N)cc3C(=O)C[C@@H](C)c3ccc(F)cc3)cc2)cnc1N. The number of nitrogens with two attached hydrogens (primary N) is 1. The molecule has 8 heteroatoms. The van der Waals surface area contributed by atoms with E-state index in [0.717, 1.165) is 22.3 Å². The molecule has 0 aliphatic heterocycles. The maximum absolute atomic E-state index is 13.3. The molecule has 0 fully saturated rings. The number of benzene rings is 2. The minimum absolute atomic E-state index is 0.124. The molecule has 0 amide bonds. The van der Waals surface area contributed by atoms with Crippen LogP contribution in [-0.2, 0) is 6.54 Å². The Morgan fingerprint density at radius 2 is 1.81 bits per heavy atom. The fraction of sp³-hybridized carbons (Fsp3) is 0.172. The topological polar surface area (TPSA) is 114 Å². The molecule has 7 nitrogen and oxygen atoms in total. The number of pyridine rings is 2. The Morgan fingerprint density at radius 1 is 1.08 bits per heavy atom. The number of nitriles is 1. The minimum Gasteiger partial charge on any atom is -0.493 e. The Labute approximate surface area is 214 Å². The Hall–Kier alpha value is -4.77. The average molecular weight is 496 g/mol. The van der Waals surface area contributed by atoms with Crippen molar-refractivity contribution in [3.63, 3.8) is 0 Å². The average Bonchev–Trinajstić information content (AvgIpc) is 2.92. The van der Waals surface area contributed by atoms with Gasteiger partial charge >= 0.3 is 0 Å². The van der Waals surface area contributed by atoms with E-state index in [0.29, 0.717) is 35.1 Å². The van der Waals surface area contributed by atoms with Crippen LogP contribution < -0.4 is 15.8 Å². The predicted molar refractivity (Wildman–Crippen MR) is 141 cm³/mol. The summed E-state index contributed by atoms with van der Waals surface area (Å²) in [6, 6.07) is 19.4. The van der Waals surface area contributed by atoms with E-state index >= 15 is 0 Å². The molecule has 2 aromatic heterocycles. The van der Waals surface area contributed by atoms with Crippen LogP contribution in [0, 0.1) is 17.1 Å². The monoisotopic (exact) mass is 495 g/mol. The maximum Gasteiger partial charge on any atom is 0.167 e. The first-order valence-corrected chi connectivity index (χ1v) is 11.7. The molecule has 0 saturated heterocycles. The van der Waals surface area contributed by atoms with Gasteiger partial charge in [0.2, 0.25) is 0 Å². The second kappa shape index (κ2) is 11.3. The van der Waals surface area contributed by atoms with Crippen LogP contribution in [0.1, 0.15) is 46.3 Å². The van der Waals surface area contributed by atoms with Crippen molar-refractivity contribution in [1.29, 1.82) is 5.26 Å². The number of halogens is 1. The van der Waals surface area contributed by atoms with Gasteiger partial charge in [0, 0.05) is 30.9 Å². The van der Waals surface area contributed by atoms with Crippen LogP contribution in [0.3, 0.4) is 0 Å². The Kier molecular flexibility index (Phi) is 7.74. The number of methoxy groups -OCH3 is 1. The van der Waals surface area contributed by atoms with Crippen molar-refractivity contribution < 1.29 is 13.9 Å². The van der Waals surface area contributed by atoms with Crippen molar-refractivity contribution in [3.05, 3.63) is 101 Å². The highest BCUT2D eigenvalue weighted by Crippen LogP contribution is 2.28. The summed E-state index contributed by atoms with van der Waals surface area (Å²) in [5, 5.41) is 12.5. The molecule has 0 radical (unpaired) electrons. The fourth-order valence-corrected chi connectivity index (χ4v) is 3.95. The lowest BCUT2D eigenvalue weighted by molar-refractivity contribution is 0.0976. The van der Waals surface area contributed by atoms with Gasteiger partial charge < -0.3 is 15.8 Å². The number of carbonyl (C=O) groups excluding carboxylic acids is 1. The molecule has 0 bridgehead atoms. The van der Waals surface area contributed by atoms with Crippen LogP contribution in [0.15, 0.2) is 73.1 Å². The number of hydrogen-bond acceptors (Lipinski definition) is 7. The van der Waals surface area contributed by atoms with E-state index in [2.05, 4.69) is 15.3 Å². The van der Waals surface area contributed by atoms with Crippen LogP contribution in [-0.4, -0.2) is 22.9 Å². The highest BCUT2D eigenvalue weighted by Gasteiger charge is 2.18. The summed E-state index contributed by atoms with van der Waals surface area (Å²) in [5.74, 6) is 0.662. The highest BCUT2D eigenvalue weighted by molar-refractivity contribution is 6.01. The summed E-state index contributed by atoms with van der Waals surface area (Å²) in [6.45, 7) is 2.34. The van der Waals surface area contributed by atoms with Crippen molar-refractivity contribution in [3.8, 4) is 22.9 Å². The molecule has 4 rings (SSSR count). The summed E-state index contributed by atoms with van der Waals surface area (Å²) < 4.78 is 18.5. The fourth-order valence-electron chi connectivity index (χ4n) is 3.95. The van der Waals surface area contributed by atoms with Gasteiger partial charge in [-0.25, -0.2) is 14.4 Å². The first-order valence-electron chi connectivity index (χ1n) is 11.7. The van der Waals surface area contributed by atoms with E-state index in [1.807, 2.05) is 43.3 Å². The molecule has 2 aromatic carbocycles. The smallest absolute Gasteiger partial charge is 0.167 e. The molecular weight excluding hydrogens is 469 g/mol. The van der Waals surface area contributed by atoms with E-state index in [9.17, 15) is 14.4 Å². The number of aromatic nitrogens is 2. The van der Waals surface area contributed by atoms with Gasteiger partial charge in [0.25, 0.3) is 0 Å². The molecule has 4 aromatic rings. The van der Waals surface area contributed by atoms with Crippen molar-refractivity contribution in [1.82, 2.24) is 9.97 Å². The normalized spacial score (nSPS) is 11.4. The van der Waals surface area contributed by atoms with Gasteiger partial charge in [-0.2, -0.15) is 5.26 Å². The standard InChI is InChI=1S/C29H26FN5O2/c1-18(21-7-9-24(30)10-8-21)11-26(36)25-12-20(14-31)16-35-29(25)34-15-19-3-5-22(6-4-19)23-13-27(37-2)28(32)33-17-23/h3-10,12-13,16-18H,11,15H2,1-2H3,(H2,32,33)(H,34,35)/t18-/m1/s1. The minimum atomic E-state index is -0.322. The lowest BCUT2D eigenvalue weighted by Crippen LogP contribution is -2.11. The van der Waals surface area contributed by atoms with Crippen molar-refractivity contribution in [2.75, 3.05) is 18.2 Å². The lowest BCUT2D eigenvalue weighted by Gasteiger charge is -2.14. The Balaban J connectivity index is 1.48. The number of nitrogens with one attached hydrogen (secondary N) is 1. The van der Waals surface area contributed by atoms with Crippen molar-refractivity contribution in [2.24, 2.45) is 0 Å². The number of carbonyl (C=O) groups is 1. The first-order chi connectivity index (χ1) is 17.9. The summed E-state index contributed by atoms with van der Waals surface area (Å²) in [6.07, 6.45) is 3.33. The number of hydrogen-bond donors (Lipinski definition) is 2. The van der Waals surface area contributed by atoms with Crippen molar-refractivity contribution in [2.45, 2.75) is 25.8 Å². The number of nitrogens with zero attached hydrogens (tertiary/aromatic N) is 3. The molecule has 0 saturated carbocycles. The Bertz CT molecular complexity index is 1450. The molecule has 0 spiro atoms. The zero-order valence-electron chi connectivity index (χ0n) is 20.5. The van der Waals surface area contributed by atoms with E-state index in [1.54, 1.807) is 31.5 Å². The summed E-state index contributed by atoms with van der Waals surface area (Å²) in [7, 11) is 1.55. The number of rotatable bonds is 9. The van der Waals surface area contributed by atoms with Crippen molar-refractivity contribution >= 4 is 17.4 Å². The number of ketones is 1. The van der Waals surface area contributed by atoms with Gasteiger partial charge in [0.1, 0.15) is 17.7 Å². The third-order valence-electron chi connectivity index (χ3n) is 6.10. The van der Waals surface area contributed by atoms with Crippen LogP contribution in [0.25, 0.3) is 11.1 Å². The van der Waals surface area contributed by atoms with Gasteiger partial charge in [-0.1, -0.05) is 43.3 Å².